The summed E-state index contributed by atoms with van der Waals surface area (Å²) in [6, 6.07) is 79.3. The molecule has 0 aliphatic carbocycles. The first-order valence-electron chi connectivity index (χ1n) is 19.4. The zero-order valence-electron chi connectivity index (χ0n) is 31.1. The summed E-state index contributed by atoms with van der Waals surface area (Å²) in [5.41, 5.74) is 14.2. The molecule has 0 N–H and O–H groups in total. The van der Waals surface area contributed by atoms with Gasteiger partial charge in [-0.1, -0.05) is 164 Å². The lowest BCUT2D eigenvalue weighted by atomic mass is 9.98. The molecule has 11 aromatic rings. The van der Waals surface area contributed by atoms with Crippen LogP contribution in [0.25, 0.3) is 81.0 Å². The number of para-hydroxylation sites is 3. The SMILES string of the molecule is c1ccc(-c2cccc(N(c3ccc(-c4ccc(-c5ccccc5-n5c6ccccc6c6ccccc65)cc4)cc3)c3cccc4c3sc3ccccc34)c2)cc1. The Labute approximate surface area is 335 Å². The number of hydrogen-bond donors (Lipinski definition) is 0. The zero-order valence-corrected chi connectivity index (χ0v) is 31.9. The van der Waals surface area contributed by atoms with E-state index in [1.54, 1.807) is 0 Å². The fourth-order valence-corrected chi connectivity index (χ4v) is 9.74. The van der Waals surface area contributed by atoms with Gasteiger partial charge in [0.25, 0.3) is 0 Å². The number of aromatic nitrogens is 1. The summed E-state index contributed by atoms with van der Waals surface area (Å²) in [5, 5.41) is 5.12. The highest BCUT2D eigenvalue weighted by atomic mass is 32.1. The topological polar surface area (TPSA) is 8.17 Å². The van der Waals surface area contributed by atoms with Gasteiger partial charge in [0.1, 0.15) is 0 Å². The van der Waals surface area contributed by atoms with Crippen LogP contribution in [0.4, 0.5) is 17.1 Å². The second-order valence-corrected chi connectivity index (χ2v) is 15.6. The van der Waals surface area contributed by atoms with Gasteiger partial charge in [-0.15, -0.1) is 11.3 Å². The average molecular weight is 745 g/mol. The molecule has 0 aliphatic heterocycles. The van der Waals surface area contributed by atoms with Crippen LogP contribution >= 0.6 is 11.3 Å². The molecule has 0 unspecified atom stereocenters. The molecule has 0 atom stereocenters. The van der Waals surface area contributed by atoms with Crippen LogP contribution in [-0.4, -0.2) is 4.57 Å². The van der Waals surface area contributed by atoms with Crippen molar-refractivity contribution in [2.45, 2.75) is 0 Å². The van der Waals surface area contributed by atoms with Crippen LogP contribution in [0.1, 0.15) is 0 Å². The van der Waals surface area contributed by atoms with Gasteiger partial charge in [0.05, 0.1) is 27.1 Å². The molecule has 0 fully saturated rings. The Morgan fingerprint density at radius 3 is 1.65 bits per heavy atom. The van der Waals surface area contributed by atoms with Gasteiger partial charge in [-0.2, -0.15) is 0 Å². The number of anilines is 3. The van der Waals surface area contributed by atoms with Gasteiger partial charge in [-0.25, -0.2) is 0 Å². The summed E-state index contributed by atoms with van der Waals surface area (Å²) in [5.74, 6) is 0. The molecule has 0 saturated heterocycles. The van der Waals surface area contributed by atoms with E-state index in [0.29, 0.717) is 0 Å². The molecule has 11 rings (SSSR count). The van der Waals surface area contributed by atoms with Crippen LogP contribution in [0.2, 0.25) is 0 Å². The maximum Gasteiger partial charge on any atom is 0.0640 e. The molecule has 2 aromatic heterocycles. The molecule has 0 spiro atoms. The third kappa shape index (κ3) is 5.71. The molecule has 2 heterocycles. The average Bonchev–Trinajstić information content (AvgIpc) is 3.84. The molecule has 0 saturated carbocycles. The molecule has 268 valence electrons. The van der Waals surface area contributed by atoms with Gasteiger partial charge in [0.2, 0.25) is 0 Å². The smallest absolute Gasteiger partial charge is 0.0640 e. The van der Waals surface area contributed by atoms with E-state index in [1.165, 1.54) is 86.7 Å². The van der Waals surface area contributed by atoms with Crippen molar-refractivity contribution in [1.82, 2.24) is 4.57 Å². The van der Waals surface area contributed by atoms with E-state index in [1.807, 2.05) is 11.3 Å². The van der Waals surface area contributed by atoms with Crippen LogP contribution in [0.3, 0.4) is 0 Å². The van der Waals surface area contributed by atoms with Gasteiger partial charge < -0.3 is 9.47 Å². The van der Waals surface area contributed by atoms with Crippen LogP contribution < -0.4 is 4.90 Å². The minimum atomic E-state index is 1.12. The van der Waals surface area contributed by atoms with Gasteiger partial charge >= 0.3 is 0 Å². The van der Waals surface area contributed by atoms with Crippen molar-refractivity contribution in [3.8, 4) is 39.1 Å². The first-order chi connectivity index (χ1) is 28.3. The van der Waals surface area contributed by atoms with Crippen LogP contribution in [-0.2, 0) is 0 Å². The lowest BCUT2D eigenvalue weighted by Gasteiger charge is -2.27. The van der Waals surface area contributed by atoms with E-state index in [4.69, 9.17) is 0 Å². The van der Waals surface area contributed by atoms with E-state index in [0.717, 1.165) is 11.4 Å². The molecule has 0 amide bonds. The van der Waals surface area contributed by atoms with Gasteiger partial charge in [0, 0.05) is 43.2 Å². The van der Waals surface area contributed by atoms with Crippen molar-refractivity contribution < 1.29 is 0 Å². The van der Waals surface area contributed by atoms with E-state index in [-0.39, 0.29) is 0 Å². The minimum absolute atomic E-state index is 1.12. The van der Waals surface area contributed by atoms with Crippen molar-refractivity contribution in [1.29, 1.82) is 0 Å². The van der Waals surface area contributed by atoms with Gasteiger partial charge in [-0.3, -0.25) is 0 Å². The van der Waals surface area contributed by atoms with Crippen LogP contribution in [0, 0.1) is 0 Å². The first-order valence-corrected chi connectivity index (χ1v) is 20.2. The number of benzene rings is 9. The van der Waals surface area contributed by atoms with E-state index in [9.17, 15) is 0 Å². The fraction of sp³-hybridized carbons (Fsp3) is 0. The molecular weight excluding hydrogens is 709 g/mol. The highest BCUT2D eigenvalue weighted by Crippen LogP contribution is 2.45. The molecular formula is C54H36N2S. The number of thiophene rings is 1. The summed E-state index contributed by atoms with van der Waals surface area (Å²) >= 11 is 1.86. The molecule has 2 nitrogen and oxygen atoms in total. The summed E-state index contributed by atoms with van der Waals surface area (Å²) in [6.45, 7) is 0. The number of rotatable bonds is 7. The summed E-state index contributed by atoms with van der Waals surface area (Å²) in [4.78, 5) is 2.42. The molecule has 0 bridgehead atoms. The largest absolute Gasteiger partial charge is 0.309 e. The Kier molecular flexibility index (Phi) is 8.04. The fourth-order valence-electron chi connectivity index (χ4n) is 8.53. The first kappa shape index (κ1) is 33.2. The Balaban J connectivity index is 0.980. The van der Waals surface area contributed by atoms with Crippen molar-refractivity contribution in [2.24, 2.45) is 0 Å². The summed E-state index contributed by atoms with van der Waals surface area (Å²) < 4.78 is 4.99. The van der Waals surface area contributed by atoms with Crippen LogP contribution in [0.15, 0.2) is 218 Å². The molecule has 3 heteroatoms. The Bertz CT molecular complexity index is 3170. The Hall–Kier alpha value is -7.20. The highest BCUT2D eigenvalue weighted by Gasteiger charge is 2.19. The number of nitrogens with zero attached hydrogens (tertiary/aromatic N) is 2. The van der Waals surface area contributed by atoms with Gasteiger partial charge in [0.15, 0.2) is 0 Å². The molecule has 0 radical (unpaired) electrons. The summed E-state index contributed by atoms with van der Waals surface area (Å²) in [6.07, 6.45) is 0. The molecule has 0 aliphatic rings. The molecule has 9 aromatic carbocycles. The molecule has 57 heavy (non-hydrogen) atoms. The summed E-state index contributed by atoms with van der Waals surface area (Å²) in [7, 11) is 0. The van der Waals surface area contributed by atoms with Crippen molar-refractivity contribution >= 4 is 70.4 Å². The second kappa shape index (κ2) is 13.8. The lowest BCUT2D eigenvalue weighted by Crippen LogP contribution is -2.10. The second-order valence-electron chi connectivity index (χ2n) is 14.5. The van der Waals surface area contributed by atoms with Crippen molar-refractivity contribution in [3.63, 3.8) is 0 Å². The maximum atomic E-state index is 2.42. The normalized spacial score (nSPS) is 11.5. The minimum Gasteiger partial charge on any atom is -0.309 e. The third-order valence-corrected chi connectivity index (χ3v) is 12.4. The highest BCUT2D eigenvalue weighted by molar-refractivity contribution is 7.26. The number of fused-ring (bicyclic) bond motifs is 6. The monoisotopic (exact) mass is 744 g/mol. The Morgan fingerprint density at radius 1 is 0.351 bits per heavy atom. The van der Waals surface area contributed by atoms with Crippen molar-refractivity contribution in [2.75, 3.05) is 4.90 Å². The lowest BCUT2D eigenvalue weighted by molar-refractivity contribution is 1.18. The zero-order chi connectivity index (χ0) is 37.7. The predicted molar refractivity (Wildman–Crippen MR) is 245 cm³/mol. The van der Waals surface area contributed by atoms with Crippen molar-refractivity contribution in [3.05, 3.63) is 218 Å². The Morgan fingerprint density at radius 2 is 0.895 bits per heavy atom. The maximum absolute atomic E-state index is 2.42. The standard InChI is InChI=1S/C54H36N2S/c1-2-14-37(15-3-1)41-16-12-17-43(36-41)55(52-26-13-22-48-47-21-7-11-27-53(47)57-54(48)52)42-34-32-39(33-35-42)38-28-30-40(31-29-38)44-18-4-8-23-49(44)56-50-24-9-5-19-45(50)46-20-6-10-25-51(46)56/h1-36H. The predicted octanol–water partition coefficient (Wildman–Crippen LogP) is 15.6. The van der Waals surface area contributed by atoms with Gasteiger partial charge in [-0.05, 0) is 82.4 Å². The quantitative estimate of drug-likeness (QED) is 0.158. The number of hydrogen-bond acceptors (Lipinski definition) is 2. The van der Waals surface area contributed by atoms with E-state index in [2.05, 4.69) is 228 Å². The third-order valence-electron chi connectivity index (χ3n) is 11.2. The van der Waals surface area contributed by atoms with Crippen LogP contribution in [0.5, 0.6) is 0 Å². The van der Waals surface area contributed by atoms with E-state index >= 15 is 0 Å². The van der Waals surface area contributed by atoms with E-state index < -0.39 is 0 Å².